The minimum absolute atomic E-state index is 0.0252. The maximum atomic E-state index is 13.3. The first-order valence-electron chi connectivity index (χ1n) is 6.99. The number of benzene rings is 1. The van der Waals surface area contributed by atoms with Crippen LogP contribution in [0.4, 0.5) is 4.39 Å². The highest BCUT2D eigenvalue weighted by molar-refractivity contribution is 5.74. The molecule has 1 amide bonds. The highest BCUT2D eigenvalue weighted by Gasteiger charge is 2.36. The molecule has 0 radical (unpaired) electrons. The van der Waals surface area contributed by atoms with Crippen molar-refractivity contribution in [2.24, 2.45) is 0 Å². The van der Waals surface area contributed by atoms with Crippen LogP contribution in [0, 0.1) is 5.82 Å². The van der Waals surface area contributed by atoms with Crippen LogP contribution >= 0.6 is 0 Å². The number of amides is 1. The predicted octanol–water partition coefficient (Wildman–Crippen LogP) is 1.84. The van der Waals surface area contributed by atoms with Gasteiger partial charge in [-0.1, -0.05) is 11.2 Å². The van der Waals surface area contributed by atoms with E-state index in [1.54, 1.807) is 24.0 Å². The Balaban J connectivity index is 1.50. The fraction of sp³-hybridized carbons (Fsp3) is 0.400. The fourth-order valence-electron chi connectivity index (χ4n) is 2.95. The van der Waals surface area contributed by atoms with Crippen molar-refractivity contribution in [3.63, 3.8) is 0 Å². The van der Waals surface area contributed by atoms with Crippen molar-refractivity contribution in [2.45, 2.75) is 25.2 Å². The van der Waals surface area contributed by atoms with Gasteiger partial charge >= 0.3 is 0 Å². The van der Waals surface area contributed by atoms with E-state index < -0.39 is 0 Å². The second kappa shape index (κ2) is 4.38. The summed E-state index contributed by atoms with van der Waals surface area (Å²) in [7, 11) is 0. The number of fused-ring (bicyclic) bond motifs is 1. The van der Waals surface area contributed by atoms with Gasteiger partial charge in [0.2, 0.25) is 11.8 Å². The summed E-state index contributed by atoms with van der Waals surface area (Å²) in [6.07, 6.45) is 0.818. The lowest BCUT2D eigenvalue weighted by Gasteiger charge is -2.36. The largest absolute Gasteiger partial charge is 0.341 e. The molecule has 1 aromatic heterocycles. The Bertz CT molecular complexity index is 721. The van der Waals surface area contributed by atoms with Crippen molar-refractivity contribution in [1.29, 1.82) is 0 Å². The second-order valence-electron chi connectivity index (χ2n) is 5.71. The van der Waals surface area contributed by atoms with E-state index in [0.29, 0.717) is 24.8 Å². The van der Waals surface area contributed by atoms with E-state index in [9.17, 15) is 9.18 Å². The minimum Gasteiger partial charge on any atom is -0.341 e. The van der Waals surface area contributed by atoms with Gasteiger partial charge in [0.05, 0.1) is 11.8 Å². The molecule has 1 fully saturated rings. The number of nitrogens with zero attached hydrogens (tertiary/aromatic N) is 3. The molecule has 1 atom stereocenters. The molecule has 1 saturated heterocycles. The SMILES string of the molecule is CC(=O)N1CC(c2nc(C3Cc4ccc(F)cc43)no2)C1. The molecule has 5 nitrogen and oxygen atoms in total. The third-order valence-corrected chi connectivity index (χ3v) is 4.35. The molecule has 1 unspecified atom stereocenters. The lowest BCUT2D eigenvalue weighted by atomic mass is 9.77. The van der Waals surface area contributed by atoms with Crippen LogP contribution in [0.3, 0.4) is 0 Å². The van der Waals surface area contributed by atoms with E-state index in [4.69, 9.17) is 4.52 Å². The molecular weight excluding hydrogens is 273 g/mol. The maximum Gasteiger partial charge on any atom is 0.233 e. The zero-order valence-electron chi connectivity index (χ0n) is 11.5. The molecule has 2 heterocycles. The second-order valence-corrected chi connectivity index (χ2v) is 5.71. The van der Waals surface area contributed by atoms with Gasteiger partial charge in [0.25, 0.3) is 0 Å². The first-order chi connectivity index (χ1) is 10.1. The highest BCUT2D eigenvalue weighted by atomic mass is 19.1. The average Bonchev–Trinajstić information content (AvgIpc) is 2.80. The number of carbonyl (C=O) groups excluding carboxylic acids is 1. The summed E-state index contributed by atoms with van der Waals surface area (Å²) in [5, 5.41) is 4.03. The predicted molar refractivity (Wildman–Crippen MR) is 71.2 cm³/mol. The van der Waals surface area contributed by atoms with Gasteiger partial charge in [0.15, 0.2) is 5.82 Å². The molecule has 0 spiro atoms. The number of aromatic nitrogens is 2. The van der Waals surface area contributed by atoms with Gasteiger partial charge in [-0.3, -0.25) is 4.79 Å². The monoisotopic (exact) mass is 287 g/mol. The van der Waals surface area contributed by atoms with Gasteiger partial charge in [-0.05, 0) is 29.7 Å². The van der Waals surface area contributed by atoms with Crippen LogP contribution in [0.5, 0.6) is 0 Å². The summed E-state index contributed by atoms with van der Waals surface area (Å²) in [6, 6.07) is 4.82. The van der Waals surface area contributed by atoms with Gasteiger partial charge in [-0.2, -0.15) is 4.98 Å². The van der Waals surface area contributed by atoms with Gasteiger partial charge in [-0.25, -0.2) is 4.39 Å². The molecule has 1 aliphatic carbocycles. The Hall–Kier alpha value is -2.24. The van der Waals surface area contributed by atoms with Crippen LogP contribution in [-0.2, 0) is 11.2 Å². The van der Waals surface area contributed by atoms with Crippen LogP contribution in [0.15, 0.2) is 22.7 Å². The summed E-state index contributed by atoms with van der Waals surface area (Å²) in [5.74, 6) is 1.17. The highest BCUT2D eigenvalue weighted by Crippen LogP contribution is 2.39. The van der Waals surface area contributed by atoms with Crippen molar-refractivity contribution in [2.75, 3.05) is 13.1 Å². The van der Waals surface area contributed by atoms with Gasteiger partial charge in [0.1, 0.15) is 5.82 Å². The maximum absolute atomic E-state index is 13.3. The van der Waals surface area contributed by atoms with Crippen molar-refractivity contribution in [3.05, 3.63) is 46.9 Å². The summed E-state index contributed by atoms with van der Waals surface area (Å²) < 4.78 is 18.6. The average molecular weight is 287 g/mol. The first-order valence-corrected chi connectivity index (χ1v) is 6.99. The Morgan fingerprint density at radius 3 is 3.00 bits per heavy atom. The molecule has 2 aliphatic rings. The molecular formula is C15H14FN3O2. The third kappa shape index (κ3) is 1.93. The van der Waals surface area contributed by atoms with Crippen LogP contribution in [0.25, 0.3) is 0 Å². The molecule has 4 rings (SSSR count). The normalized spacial score (nSPS) is 20.7. The van der Waals surface area contributed by atoms with Crippen molar-refractivity contribution in [3.8, 4) is 0 Å². The zero-order valence-corrected chi connectivity index (χ0v) is 11.5. The molecule has 2 aromatic rings. The van der Waals surface area contributed by atoms with E-state index in [0.717, 1.165) is 17.5 Å². The number of likely N-dealkylation sites (tertiary alicyclic amines) is 1. The Kier molecular flexibility index (Phi) is 2.60. The molecule has 108 valence electrons. The van der Waals surface area contributed by atoms with Crippen LogP contribution < -0.4 is 0 Å². The Morgan fingerprint density at radius 2 is 2.24 bits per heavy atom. The summed E-state index contributed by atoms with van der Waals surface area (Å²) in [4.78, 5) is 17.3. The van der Waals surface area contributed by atoms with E-state index in [1.165, 1.54) is 6.07 Å². The van der Waals surface area contributed by atoms with Crippen LogP contribution in [-0.4, -0.2) is 34.0 Å². The topological polar surface area (TPSA) is 59.2 Å². The number of halogens is 1. The van der Waals surface area contributed by atoms with Crippen LogP contribution in [0.2, 0.25) is 0 Å². The lowest BCUT2D eigenvalue weighted by molar-refractivity contribution is -0.133. The molecule has 0 bridgehead atoms. The minimum atomic E-state index is -0.238. The number of rotatable bonds is 2. The molecule has 1 aromatic carbocycles. The molecule has 0 N–H and O–H groups in total. The zero-order chi connectivity index (χ0) is 14.6. The standard InChI is InChI=1S/C15H14FN3O2/c1-8(20)19-6-10(7-19)15-17-14(18-21-15)13-4-9-2-3-11(16)5-12(9)13/h2-3,5,10,13H,4,6-7H2,1H3. The Morgan fingerprint density at radius 1 is 1.43 bits per heavy atom. The quantitative estimate of drug-likeness (QED) is 0.845. The summed E-state index contributed by atoms with van der Waals surface area (Å²) in [6.45, 7) is 2.81. The molecule has 21 heavy (non-hydrogen) atoms. The van der Waals surface area contributed by atoms with Gasteiger partial charge in [0, 0.05) is 20.0 Å². The number of hydrogen-bond donors (Lipinski definition) is 0. The van der Waals surface area contributed by atoms with Crippen LogP contribution in [0.1, 0.15) is 41.6 Å². The van der Waals surface area contributed by atoms with E-state index >= 15 is 0 Å². The number of carbonyl (C=O) groups is 1. The van der Waals surface area contributed by atoms with E-state index in [1.807, 2.05) is 0 Å². The smallest absolute Gasteiger partial charge is 0.233 e. The van der Waals surface area contributed by atoms with E-state index in [-0.39, 0.29) is 23.6 Å². The molecule has 0 saturated carbocycles. The molecule has 6 heteroatoms. The van der Waals surface area contributed by atoms with E-state index in [2.05, 4.69) is 10.1 Å². The van der Waals surface area contributed by atoms with Crippen molar-refractivity contribution < 1.29 is 13.7 Å². The number of hydrogen-bond acceptors (Lipinski definition) is 4. The van der Waals surface area contributed by atoms with Gasteiger partial charge < -0.3 is 9.42 Å². The third-order valence-electron chi connectivity index (χ3n) is 4.35. The fourth-order valence-corrected chi connectivity index (χ4v) is 2.95. The molecule has 1 aliphatic heterocycles. The summed E-state index contributed by atoms with van der Waals surface area (Å²) in [5.41, 5.74) is 2.08. The van der Waals surface area contributed by atoms with Gasteiger partial charge in [-0.15, -0.1) is 0 Å². The van der Waals surface area contributed by atoms with Crippen molar-refractivity contribution in [1.82, 2.24) is 15.0 Å². The Labute approximate surface area is 120 Å². The van der Waals surface area contributed by atoms with Crippen molar-refractivity contribution >= 4 is 5.91 Å². The summed E-state index contributed by atoms with van der Waals surface area (Å²) >= 11 is 0. The lowest BCUT2D eigenvalue weighted by Crippen LogP contribution is -2.47. The first kappa shape index (κ1) is 12.5.